The second-order valence-corrected chi connectivity index (χ2v) is 9.93. The molecule has 0 saturated carbocycles. The van der Waals surface area contributed by atoms with E-state index in [1.807, 2.05) is 6.92 Å². The highest BCUT2D eigenvalue weighted by atomic mass is 79.9. The number of aromatic nitrogens is 3. The average Bonchev–Trinajstić information content (AvgIpc) is 3.13. The van der Waals surface area contributed by atoms with Crippen molar-refractivity contribution in [1.29, 1.82) is 0 Å². The van der Waals surface area contributed by atoms with Crippen LogP contribution >= 0.6 is 15.9 Å². The molecular formula is C22H19BrN4O3S. The lowest BCUT2D eigenvalue weighted by Crippen LogP contribution is -2.21. The van der Waals surface area contributed by atoms with Crippen molar-refractivity contribution < 1.29 is 13.2 Å². The maximum absolute atomic E-state index is 13.3. The van der Waals surface area contributed by atoms with E-state index in [4.69, 9.17) is 0 Å². The molecule has 0 atom stereocenters. The van der Waals surface area contributed by atoms with Crippen LogP contribution < -0.4 is 0 Å². The van der Waals surface area contributed by atoms with Crippen molar-refractivity contribution in [3.05, 3.63) is 76.7 Å². The Balaban J connectivity index is 1.89. The van der Waals surface area contributed by atoms with Crippen molar-refractivity contribution in [2.75, 3.05) is 14.1 Å². The number of hydrogen-bond acceptors (Lipinski definition) is 5. The Morgan fingerprint density at radius 1 is 1.03 bits per heavy atom. The summed E-state index contributed by atoms with van der Waals surface area (Å²) >= 11 is 3.32. The Kier molecular flexibility index (Phi) is 5.40. The Bertz CT molecular complexity index is 1390. The fourth-order valence-corrected chi connectivity index (χ4v) is 4.80. The molecule has 0 unspecified atom stereocenters. The van der Waals surface area contributed by atoms with Crippen LogP contribution in [-0.2, 0) is 10.0 Å². The molecule has 2 aromatic heterocycles. The fraction of sp³-hybridized carbons (Fsp3) is 0.136. The van der Waals surface area contributed by atoms with Crippen molar-refractivity contribution in [1.82, 2.24) is 18.8 Å². The van der Waals surface area contributed by atoms with Gasteiger partial charge in [0.1, 0.15) is 10.1 Å². The van der Waals surface area contributed by atoms with Crippen LogP contribution in [0.3, 0.4) is 0 Å². The summed E-state index contributed by atoms with van der Waals surface area (Å²) in [6, 6.07) is 13.6. The van der Waals surface area contributed by atoms with Gasteiger partial charge in [-0.25, -0.2) is 22.4 Å². The molecule has 31 heavy (non-hydrogen) atoms. The molecular weight excluding hydrogens is 480 g/mol. The second kappa shape index (κ2) is 7.90. The molecule has 2 heterocycles. The number of nitrogens with zero attached hydrogens (tertiary/aromatic N) is 4. The summed E-state index contributed by atoms with van der Waals surface area (Å²) in [5.74, 6) is -0.113. The summed E-state index contributed by atoms with van der Waals surface area (Å²) in [4.78, 5) is 22.6. The molecule has 0 N–H and O–H groups in total. The number of halogens is 1. The molecule has 7 nitrogen and oxygen atoms in total. The molecule has 0 aliphatic heterocycles. The average molecular weight is 499 g/mol. The second-order valence-electron chi connectivity index (χ2n) is 7.30. The van der Waals surface area contributed by atoms with Crippen LogP contribution in [0.2, 0.25) is 0 Å². The fourth-order valence-electron chi connectivity index (χ4n) is 3.21. The predicted molar refractivity (Wildman–Crippen MR) is 122 cm³/mol. The van der Waals surface area contributed by atoms with Crippen LogP contribution in [0.4, 0.5) is 0 Å². The van der Waals surface area contributed by atoms with Gasteiger partial charge >= 0.3 is 0 Å². The van der Waals surface area contributed by atoms with Crippen molar-refractivity contribution in [3.8, 4) is 11.1 Å². The minimum absolute atomic E-state index is 0.113. The highest BCUT2D eigenvalue weighted by Crippen LogP contribution is 2.32. The molecule has 158 valence electrons. The lowest BCUT2D eigenvalue weighted by Gasteiger charge is -2.10. The zero-order valence-electron chi connectivity index (χ0n) is 17.1. The quantitative estimate of drug-likeness (QED) is 0.422. The first-order valence-corrected chi connectivity index (χ1v) is 11.6. The summed E-state index contributed by atoms with van der Waals surface area (Å²) in [5, 5.41) is 0. The van der Waals surface area contributed by atoms with E-state index in [1.165, 1.54) is 17.3 Å². The molecule has 1 amide bonds. The predicted octanol–water partition coefficient (Wildman–Crippen LogP) is 4.11. The first-order chi connectivity index (χ1) is 14.7. The zero-order valence-corrected chi connectivity index (χ0v) is 19.5. The molecule has 0 aliphatic rings. The van der Waals surface area contributed by atoms with E-state index in [-0.39, 0.29) is 16.4 Å². The third kappa shape index (κ3) is 3.86. The van der Waals surface area contributed by atoms with Gasteiger partial charge in [-0.3, -0.25) is 4.79 Å². The number of rotatable bonds is 4. The molecule has 9 heteroatoms. The lowest BCUT2D eigenvalue weighted by atomic mass is 10.1. The minimum atomic E-state index is -3.88. The Morgan fingerprint density at radius 3 is 2.29 bits per heavy atom. The molecule has 0 saturated heterocycles. The Morgan fingerprint density at radius 2 is 1.68 bits per heavy atom. The van der Waals surface area contributed by atoms with Gasteiger partial charge < -0.3 is 4.90 Å². The van der Waals surface area contributed by atoms with Crippen molar-refractivity contribution >= 4 is 43.0 Å². The van der Waals surface area contributed by atoms with E-state index in [2.05, 4.69) is 25.9 Å². The molecule has 0 spiro atoms. The van der Waals surface area contributed by atoms with Crippen LogP contribution in [0.5, 0.6) is 0 Å². The third-order valence-electron chi connectivity index (χ3n) is 4.86. The van der Waals surface area contributed by atoms with Gasteiger partial charge in [-0.05, 0) is 52.7 Å². The zero-order chi connectivity index (χ0) is 22.3. The van der Waals surface area contributed by atoms with Gasteiger partial charge in [0, 0.05) is 31.4 Å². The standard InChI is InChI=1S/C22H19BrN4O3S/c1-14-4-10-17(11-5-14)31(29,30)27-13-18(20-21(27)24-12-19(23)25-20)15-6-8-16(9-7-15)22(28)26(2)3/h4-13H,1-3H3. The molecule has 2 aromatic carbocycles. The van der Waals surface area contributed by atoms with Crippen molar-refractivity contribution in [3.63, 3.8) is 0 Å². The van der Waals surface area contributed by atoms with Crippen molar-refractivity contribution in [2.45, 2.75) is 11.8 Å². The number of fused-ring (bicyclic) bond motifs is 1. The van der Waals surface area contributed by atoms with Gasteiger partial charge in [-0.15, -0.1) is 0 Å². The number of carbonyl (C=O) groups is 1. The molecule has 0 bridgehead atoms. The topological polar surface area (TPSA) is 85.2 Å². The normalized spacial score (nSPS) is 11.6. The maximum Gasteiger partial charge on any atom is 0.269 e. The summed E-state index contributed by atoms with van der Waals surface area (Å²) in [7, 11) is -0.502. The van der Waals surface area contributed by atoms with Crippen LogP contribution in [0, 0.1) is 6.92 Å². The van der Waals surface area contributed by atoms with E-state index in [0.29, 0.717) is 21.2 Å². The number of aryl methyl sites for hydroxylation is 1. The van der Waals surface area contributed by atoms with Crippen LogP contribution in [0.25, 0.3) is 22.3 Å². The third-order valence-corrected chi connectivity index (χ3v) is 6.91. The maximum atomic E-state index is 13.3. The first-order valence-electron chi connectivity index (χ1n) is 9.36. The van der Waals surface area contributed by atoms with Crippen molar-refractivity contribution in [2.24, 2.45) is 0 Å². The molecule has 0 fully saturated rings. The van der Waals surface area contributed by atoms with Gasteiger partial charge in [0.25, 0.3) is 15.9 Å². The SMILES string of the molecule is Cc1ccc(S(=O)(=O)n2cc(-c3ccc(C(=O)N(C)C)cc3)c3nc(Br)cnc32)cc1. The van der Waals surface area contributed by atoms with E-state index < -0.39 is 10.0 Å². The van der Waals surface area contributed by atoms with Gasteiger partial charge in [0.2, 0.25) is 0 Å². The van der Waals surface area contributed by atoms with Crippen LogP contribution in [0.1, 0.15) is 15.9 Å². The smallest absolute Gasteiger partial charge is 0.269 e. The minimum Gasteiger partial charge on any atom is -0.345 e. The molecule has 4 rings (SSSR count). The monoisotopic (exact) mass is 498 g/mol. The van der Waals surface area contributed by atoms with Gasteiger partial charge in [0.15, 0.2) is 5.65 Å². The summed E-state index contributed by atoms with van der Waals surface area (Å²) in [5.41, 5.74) is 3.50. The summed E-state index contributed by atoms with van der Waals surface area (Å²) in [6.45, 7) is 1.90. The molecule has 0 aliphatic carbocycles. The van der Waals surface area contributed by atoms with Gasteiger partial charge in [-0.1, -0.05) is 29.8 Å². The highest BCUT2D eigenvalue weighted by molar-refractivity contribution is 9.10. The molecule has 4 aromatic rings. The highest BCUT2D eigenvalue weighted by Gasteiger charge is 2.24. The summed E-state index contributed by atoms with van der Waals surface area (Å²) < 4.78 is 28.3. The Hall–Kier alpha value is -3.04. The number of hydrogen-bond donors (Lipinski definition) is 0. The Labute approximate surface area is 188 Å². The lowest BCUT2D eigenvalue weighted by molar-refractivity contribution is 0.0827. The first kappa shape index (κ1) is 21.2. The number of carbonyl (C=O) groups excluding carboxylic acids is 1. The van der Waals surface area contributed by atoms with E-state index in [0.717, 1.165) is 15.1 Å². The number of amides is 1. The molecule has 0 radical (unpaired) electrons. The van der Waals surface area contributed by atoms with Gasteiger partial charge in [-0.2, -0.15) is 0 Å². The van der Waals surface area contributed by atoms with Crippen LogP contribution in [-0.4, -0.2) is 47.3 Å². The summed E-state index contributed by atoms with van der Waals surface area (Å²) in [6.07, 6.45) is 2.99. The number of benzene rings is 2. The van der Waals surface area contributed by atoms with Crippen LogP contribution in [0.15, 0.2) is 70.4 Å². The largest absolute Gasteiger partial charge is 0.345 e. The van der Waals surface area contributed by atoms with E-state index in [1.54, 1.807) is 62.6 Å². The van der Waals surface area contributed by atoms with E-state index >= 15 is 0 Å². The van der Waals surface area contributed by atoms with E-state index in [9.17, 15) is 13.2 Å². The van der Waals surface area contributed by atoms with Gasteiger partial charge in [0.05, 0.1) is 11.1 Å².